The molecule has 0 unspecified atom stereocenters. The van der Waals surface area contributed by atoms with Crippen LogP contribution < -0.4 is 0 Å². The van der Waals surface area contributed by atoms with Gasteiger partial charge in [-0.1, -0.05) is 152 Å². The van der Waals surface area contributed by atoms with Crippen LogP contribution in [0.3, 0.4) is 0 Å². The van der Waals surface area contributed by atoms with Crippen LogP contribution >= 0.6 is 0 Å². The van der Waals surface area contributed by atoms with Crippen LogP contribution in [0.25, 0.3) is 93.2 Å². The molecular formula is C48H31N. The summed E-state index contributed by atoms with van der Waals surface area (Å²) in [6, 6.07) is 68.8. The van der Waals surface area contributed by atoms with Crippen molar-refractivity contribution in [3.8, 4) is 39.1 Å². The maximum atomic E-state index is 2.43. The maximum Gasteiger partial charge on any atom is 0.0547 e. The molecule has 0 N–H and O–H groups in total. The second-order valence-electron chi connectivity index (χ2n) is 12.9. The lowest BCUT2D eigenvalue weighted by Crippen LogP contribution is -1.94. The highest BCUT2D eigenvalue weighted by Crippen LogP contribution is 2.46. The zero-order valence-corrected chi connectivity index (χ0v) is 26.8. The van der Waals surface area contributed by atoms with E-state index in [0.717, 1.165) is 0 Å². The van der Waals surface area contributed by atoms with E-state index in [4.69, 9.17) is 0 Å². The summed E-state index contributed by atoms with van der Waals surface area (Å²) in [7, 11) is 0. The van der Waals surface area contributed by atoms with Crippen molar-refractivity contribution in [1.82, 2.24) is 4.57 Å². The summed E-state index contributed by atoms with van der Waals surface area (Å²) >= 11 is 0. The van der Waals surface area contributed by atoms with Crippen LogP contribution in [-0.2, 0) is 0 Å². The Kier molecular flexibility index (Phi) is 6.25. The number of fused-ring (bicyclic) bond motifs is 6. The summed E-state index contributed by atoms with van der Waals surface area (Å²) < 4.78 is 2.41. The van der Waals surface area contributed by atoms with E-state index >= 15 is 0 Å². The van der Waals surface area contributed by atoms with Crippen molar-refractivity contribution in [3.05, 3.63) is 188 Å². The number of aromatic nitrogens is 1. The SMILES string of the molecule is c1ccc(-c2c3ccccc3c(-c3cc(-c4ccc5c6ccccc6n(-c6ccccc6)c5c4)c4ccccc4c3)c3ccccc23)cc1. The van der Waals surface area contributed by atoms with E-state index in [1.54, 1.807) is 0 Å². The molecule has 0 saturated heterocycles. The van der Waals surface area contributed by atoms with Crippen molar-refractivity contribution in [3.63, 3.8) is 0 Å². The van der Waals surface area contributed by atoms with Gasteiger partial charge >= 0.3 is 0 Å². The summed E-state index contributed by atoms with van der Waals surface area (Å²) in [5.74, 6) is 0. The quantitative estimate of drug-likeness (QED) is 0.172. The first-order chi connectivity index (χ1) is 24.3. The molecule has 10 aromatic rings. The van der Waals surface area contributed by atoms with Gasteiger partial charge in [-0.3, -0.25) is 0 Å². The summed E-state index contributed by atoms with van der Waals surface area (Å²) in [6.45, 7) is 0. The Labute approximate surface area is 284 Å². The largest absolute Gasteiger partial charge is 0.309 e. The standard InChI is InChI=1S/C48H31N/c1-3-15-32(16-4-1)47-40-22-9-11-24-42(40)48(43-25-12-10-23-41(43)47)35-29-33-17-7-8-20-37(33)44(30-35)34-27-28-39-38-21-13-14-26-45(38)49(46(39)31-34)36-18-5-2-6-19-36/h1-31H. The third-order valence-electron chi connectivity index (χ3n) is 10.1. The van der Waals surface area contributed by atoms with E-state index in [9.17, 15) is 0 Å². The molecule has 1 heteroatoms. The molecule has 0 amide bonds. The zero-order chi connectivity index (χ0) is 32.3. The van der Waals surface area contributed by atoms with Gasteiger partial charge in [0.05, 0.1) is 11.0 Å². The molecule has 0 aliphatic carbocycles. The number of rotatable bonds is 4. The van der Waals surface area contributed by atoms with Gasteiger partial charge in [-0.25, -0.2) is 0 Å². The molecule has 9 aromatic carbocycles. The van der Waals surface area contributed by atoms with E-state index in [0.29, 0.717) is 0 Å². The lowest BCUT2D eigenvalue weighted by atomic mass is 9.84. The first kappa shape index (κ1) is 27.7. The van der Waals surface area contributed by atoms with Gasteiger partial charge in [0, 0.05) is 16.5 Å². The molecule has 0 saturated carbocycles. The maximum absolute atomic E-state index is 2.43. The molecule has 0 atom stereocenters. The van der Waals surface area contributed by atoms with E-state index in [1.165, 1.54) is 93.2 Å². The van der Waals surface area contributed by atoms with Crippen LogP contribution in [0.1, 0.15) is 0 Å². The highest BCUT2D eigenvalue weighted by molar-refractivity contribution is 6.22. The number of hydrogen-bond acceptors (Lipinski definition) is 0. The first-order valence-electron chi connectivity index (χ1n) is 16.9. The molecule has 0 bridgehead atoms. The minimum Gasteiger partial charge on any atom is -0.309 e. The predicted molar refractivity (Wildman–Crippen MR) is 210 cm³/mol. The van der Waals surface area contributed by atoms with E-state index in [-0.39, 0.29) is 0 Å². The fourth-order valence-electron chi connectivity index (χ4n) is 8.04. The minimum absolute atomic E-state index is 1.17. The zero-order valence-electron chi connectivity index (χ0n) is 26.8. The van der Waals surface area contributed by atoms with Crippen LogP contribution in [0.5, 0.6) is 0 Å². The average Bonchev–Trinajstić information content (AvgIpc) is 3.51. The smallest absolute Gasteiger partial charge is 0.0547 e. The van der Waals surface area contributed by atoms with Crippen molar-refractivity contribution in [2.45, 2.75) is 0 Å². The molecule has 1 heterocycles. The van der Waals surface area contributed by atoms with Gasteiger partial charge < -0.3 is 4.57 Å². The summed E-state index contributed by atoms with van der Waals surface area (Å²) in [5.41, 5.74) is 11.1. The minimum atomic E-state index is 1.17. The molecule has 0 radical (unpaired) electrons. The molecule has 1 nitrogen and oxygen atoms in total. The second-order valence-corrected chi connectivity index (χ2v) is 12.9. The van der Waals surface area contributed by atoms with Gasteiger partial charge in [-0.2, -0.15) is 0 Å². The summed E-state index contributed by atoms with van der Waals surface area (Å²) in [4.78, 5) is 0. The van der Waals surface area contributed by atoms with Crippen LogP contribution in [-0.4, -0.2) is 4.57 Å². The Morgan fingerprint density at radius 1 is 0.286 bits per heavy atom. The Morgan fingerprint density at radius 2 is 0.796 bits per heavy atom. The molecule has 1 aromatic heterocycles. The summed E-state index contributed by atoms with van der Waals surface area (Å²) in [6.07, 6.45) is 0. The Morgan fingerprint density at radius 3 is 1.47 bits per heavy atom. The Hall–Kier alpha value is -6.44. The fourth-order valence-corrected chi connectivity index (χ4v) is 8.04. The average molecular weight is 622 g/mol. The van der Waals surface area contributed by atoms with Gasteiger partial charge in [0.1, 0.15) is 0 Å². The predicted octanol–water partition coefficient (Wildman–Crippen LogP) is 13.2. The highest BCUT2D eigenvalue weighted by atomic mass is 15.0. The third-order valence-corrected chi connectivity index (χ3v) is 10.1. The molecule has 228 valence electrons. The molecule has 49 heavy (non-hydrogen) atoms. The number of hydrogen-bond donors (Lipinski definition) is 0. The number of para-hydroxylation sites is 2. The van der Waals surface area contributed by atoms with E-state index < -0.39 is 0 Å². The molecule has 0 aliphatic rings. The molecule has 0 aliphatic heterocycles. The molecule has 0 fully saturated rings. The topological polar surface area (TPSA) is 4.93 Å². The third kappa shape index (κ3) is 4.33. The lowest BCUT2D eigenvalue weighted by Gasteiger charge is -2.19. The molecule has 10 rings (SSSR count). The van der Waals surface area contributed by atoms with Crippen LogP contribution in [0, 0.1) is 0 Å². The van der Waals surface area contributed by atoms with E-state index in [1.807, 2.05) is 0 Å². The summed E-state index contributed by atoms with van der Waals surface area (Å²) in [5, 5.41) is 10.1. The lowest BCUT2D eigenvalue weighted by molar-refractivity contribution is 1.18. The highest BCUT2D eigenvalue weighted by Gasteiger charge is 2.19. The van der Waals surface area contributed by atoms with E-state index in [2.05, 4.69) is 193 Å². The Bertz CT molecular complexity index is 2800. The van der Waals surface area contributed by atoms with Gasteiger partial charge in [-0.05, 0) is 102 Å². The van der Waals surface area contributed by atoms with Crippen molar-refractivity contribution < 1.29 is 0 Å². The normalized spacial score (nSPS) is 11.7. The van der Waals surface area contributed by atoms with Crippen LogP contribution in [0.15, 0.2) is 188 Å². The van der Waals surface area contributed by atoms with Crippen LogP contribution in [0.4, 0.5) is 0 Å². The van der Waals surface area contributed by atoms with Crippen molar-refractivity contribution in [1.29, 1.82) is 0 Å². The monoisotopic (exact) mass is 621 g/mol. The molecular weight excluding hydrogens is 591 g/mol. The van der Waals surface area contributed by atoms with Crippen molar-refractivity contribution in [2.24, 2.45) is 0 Å². The van der Waals surface area contributed by atoms with Crippen LogP contribution in [0.2, 0.25) is 0 Å². The Balaban J connectivity index is 1.28. The van der Waals surface area contributed by atoms with Crippen molar-refractivity contribution in [2.75, 3.05) is 0 Å². The van der Waals surface area contributed by atoms with Gasteiger partial charge in [0.2, 0.25) is 0 Å². The van der Waals surface area contributed by atoms with Gasteiger partial charge in [0.15, 0.2) is 0 Å². The van der Waals surface area contributed by atoms with Gasteiger partial charge in [0.25, 0.3) is 0 Å². The number of benzene rings is 9. The second kappa shape index (κ2) is 11.1. The van der Waals surface area contributed by atoms with Crippen molar-refractivity contribution >= 4 is 54.1 Å². The number of nitrogens with zero attached hydrogens (tertiary/aromatic N) is 1. The fraction of sp³-hybridized carbons (Fsp3) is 0. The van der Waals surface area contributed by atoms with Gasteiger partial charge in [-0.15, -0.1) is 0 Å². The molecule has 0 spiro atoms. The first-order valence-corrected chi connectivity index (χ1v) is 16.9.